The Kier molecular flexibility index (Phi) is 3.74. The van der Waals surface area contributed by atoms with Crippen LogP contribution in [-0.4, -0.2) is 28.2 Å². The number of rotatable bonds is 2. The third-order valence-corrected chi connectivity index (χ3v) is 8.84. The molecule has 5 heterocycles. The van der Waals surface area contributed by atoms with Gasteiger partial charge in [-0.25, -0.2) is 4.98 Å². The largest absolute Gasteiger partial charge is 0.454 e. The van der Waals surface area contributed by atoms with Gasteiger partial charge >= 0.3 is 0 Å². The first-order valence-corrected chi connectivity index (χ1v) is 12.8. The number of fused-ring (bicyclic) bond motifs is 8. The summed E-state index contributed by atoms with van der Waals surface area (Å²) in [7, 11) is 0. The molecule has 1 saturated heterocycles. The van der Waals surface area contributed by atoms with Gasteiger partial charge in [0.1, 0.15) is 5.60 Å². The molecule has 1 saturated carbocycles. The van der Waals surface area contributed by atoms with E-state index in [4.69, 9.17) is 23.9 Å². The Morgan fingerprint density at radius 3 is 2.66 bits per heavy atom. The quantitative estimate of drug-likeness (QED) is 0.420. The van der Waals surface area contributed by atoms with Crippen LogP contribution in [0.3, 0.4) is 0 Å². The normalized spacial score (nSPS) is 27.0. The van der Waals surface area contributed by atoms with Crippen molar-refractivity contribution < 1.29 is 18.9 Å². The zero-order valence-corrected chi connectivity index (χ0v) is 20.3. The Labute approximate surface area is 203 Å². The minimum atomic E-state index is -0.667. The second-order valence-electron chi connectivity index (χ2n) is 11.1. The van der Waals surface area contributed by atoms with E-state index in [0.29, 0.717) is 18.9 Å². The van der Waals surface area contributed by atoms with Gasteiger partial charge in [-0.3, -0.25) is 4.79 Å². The van der Waals surface area contributed by atoms with Gasteiger partial charge in [0, 0.05) is 29.0 Å². The summed E-state index contributed by atoms with van der Waals surface area (Å²) in [6.45, 7) is 6.85. The van der Waals surface area contributed by atoms with Crippen molar-refractivity contribution in [1.29, 1.82) is 0 Å². The summed E-state index contributed by atoms with van der Waals surface area (Å²) in [4.78, 5) is 19.0. The van der Waals surface area contributed by atoms with Gasteiger partial charge in [-0.1, -0.05) is 13.3 Å². The molecule has 5 aliphatic rings. The Balaban J connectivity index is 1.38. The van der Waals surface area contributed by atoms with Crippen LogP contribution in [-0.2, 0) is 28.0 Å². The molecule has 0 amide bonds. The summed E-state index contributed by atoms with van der Waals surface area (Å²) < 4.78 is 26.1. The molecule has 2 atom stereocenters. The maximum Gasteiger partial charge on any atom is 0.255 e. The first-order chi connectivity index (χ1) is 16.9. The topological polar surface area (TPSA) is 71.8 Å². The molecular weight excluding hydrogens is 444 g/mol. The molecule has 0 radical (unpaired) electrons. The standard InChI is InChI=1S/C28H28N2O5/c1-4-28-18-10-20-25-17(12-30(20)26(31)15(18)9-23(28)34-27(2,3)35-28)24(14-6-5-7-14)16-8-21-22(33-13-32-21)11-19(16)29-25/h8,10-11,14,23H,4-7,9,12-13H2,1-3H3/t23?,28-/m0/s1. The smallest absolute Gasteiger partial charge is 0.255 e. The van der Waals surface area contributed by atoms with Crippen LogP contribution in [0.15, 0.2) is 23.0 Å². The van der Waals surface area contributed by atoms with Gasteiger partial charge in [-0.15, -0.1) is 0 Å². The first kappa shape index (κ1) is 20.3. The van der Waals surface area contributed by atoms with Crippen LogP contribution >= 0.6 is 0 Å². The molecule has 7 heteroatoms. The highest BCUT2D eigenvalue weighted by atomic mass is 16.8. The van der Waals surface area contributed by atoms with E-state index in [1.165, 1.54) is 30.4 Å². The molecule has 180 valence electrons. The van der Waals surface area contributed by atoms with Crippen LogP contribution in [0.4, 0.5) is 0 Å². The highest BCUT2D eigenvalue weighted by Crippen LogP contribution is 2.54. The number of ether oxygens (including phenoxy) is 4. The highest BCUT2D eigenvalue weighted by Gasteiger charge is 2.58. The lowest BCUT2D eigenvalue weighted by Crippen LogP contribution is -2.33. The molecule has 8 rings (SSSR count). The van der Waals surface area contributed by atoms with Crippen LogP contribution in [0.25, 0.3) is 22.3 Å². The summed E-state index contributed by atoms with van der Waals surface area (Å²) in [5, 5.41) is 1.13. The number of hydrogen-bond acceptors (Lipinski definition) is 6. The molecule has 2 aromatic heterocycles. The van der Waals surface area contributed by atoms with Crippen LogP contribution < -0.4 is 15.0 Å². The summed E-state index contributed by atoms with van der Waals surface area (Å²) in [5.74, 6) is 1.34. The average molecular weight is 473 g/mol. The minimum absolute atomic E-state index is 0.0699. The van der Waals surface area contributed by atoms with Gasteiger partial charge in [0.25, 0.3) is 5.56 Å². The SMILES string of the molecule is CC[C@@]12OC(C)(C)OC1Cc1c2cc2n(c1=O)Cc1c-2nc2cc3c(cc2c1C1CCC1)OCO3. The van der Waals surface area contributed by atoms with Crippen molar-refractivity contribution in [1.82, 2.24) is 9.55 Å². The van der Waals surface area contributed by atoms with E-state index < -0.39 is 11.4 Å². The fourth-order valence-electron chi connectivity index (χ4n) is 7.10. The van der Waals surface area contributed by atoms with E-state index in [0.717, 1.165) is 51.3 Å². The third kappa shape index (κ3) is 2.48. The van der Waals surface area contributed by atoms with Gasteiger partial charge < -0.3 is 23.5 Å². The highest BCUT2D eigenvalue weighted by molar-refractivity contribution is 5.91. The van der Waals surface area contributed by atoms with Crippen molar-refractivity contribution in [2.45, 2.75) is 82.8 Å². The molecule has 0 bridgehead atoms. The minimum Gasteiger partial charge on any atom is -0.454 e. The fraction of sp³-hybridized carbons (Fsp3) is 0.500. The summed E-state index contributed by atoms with van der Waals surface area (Å²) in [5.41, 5.74) is 6.54. The van der Waals surface area contributed by atoms with Gasteiger partial charge in [0.2, 0.25) is 6.79 Å². The molecule has 1 aromatic carbocycles. The van der Waals surface area contributed by atoms with Crippen LogP contribution in [0.2, 0.25) is 0 Å². The first-order valence-electron chi connectivity index (χ1n) is 12.8. The van der Waals surface area contributed by atoms with Crippen molar-refractivity contribution in [3.63, 3.8) is 0 Å². The van der Waals surface area contributed by atoms with E-state index in [1.807, 2.05) is 24.5 Å². The van der Waals surface area contributed by atoms with Gasteiger partial charge in [-0.05, 0) is 62.3 Å². The van der Waals surface area contributed by atoms with Crippen LogP contribution in [0.5, 0.6) is 11.5 Å². The Morgan fingerprint density at radius 1 is 1.11 bits per heavy atom. The molecular formula is C28H28N2O5. The van der Waals surface area contributed by atoms with E-state index in [9.17, 15) is 4.79 Å². The molecule has 3 aliphatic heterocycles. The predicted octanol–water partition coefficient (Wildman–Crippen LogP) is 4.73. The lowest BCUT2D eigenvalue weighted by Gasteiger charge is -2.29. The zero-order chi connectivity index (χ0) is 23.7. The monoisotopic (exact) mass is 472 g/mol. The Morgan fingerprint density at radius 2 is 1.91 bits per heavy atom. The van der Waals surface area contributed by atoms with Gasteiger partial charge in [-0.2, -0.15) is 0 Å². The van der Waals surface area contributed by atoms with Crippen molar-refractivity contribution in [3.05, 3.63) is 50.8 Å². The van der Waals surface area contributed by atoms with E-state index >= 15 is 0 Å². The zero-order valence-electron chi connectivity index (χ0n) is 20.3. The number of aromatic nitrogens is 2. The van der Waals surface area contributed by atoms with E-state index in [2.05, 4.69) is 19.1 Å². The molecule has 1 unspecified atom stereocenters. The summed E-state index contributed by atoms with van der Waals surface area (Å²) >= 11 is 0. The lowest BCUT2D eigenvalue weighted by molar-refractivity contribution is -0.167. The fourth-order valence-corrected chi connectivity index (χ4v) is 7.10. The maximum absolute atomic E-state index is 13.9. The molecule has 3 aromatic rings. The maximum atomic E-state index is 13.9. The Bertz CT molecular complexity index is 1520. The number of nitrogens with zero attached hydrogens (tertiary/aromatic N) is 2. The third-order valence-electron chi connectivity index (χ3n) is 8.84. The van der Waals surface area contributed by atoms with Gasteiger partial charge in [0.05, 0.1) is 29.6 Å². The second-order valence-corrected chi connectivity index (χ2v) is 11.1. The van der Waals surface area contributed by atoms with Crippen molar-refractivity contribution in [2.75, 3.05) is 6.79 Å². The molecule has 35 heavy (non-hydrogen) atoms. The lowest BCUT2D eigenvalue weighted by atomic mass is 9.76. The molecule has 2 fully saturated rings. The van der Waals surface area contributed by atoms with Crippen LogP contribution in [0, 0.1) is 0 Å². The Hall–Kier alpha value is -2.90. The molecule has 7 nitrogen and oxygen atoms in total. The number of pyridine rings is 2. The van der Waals surface area contributed by atoms with E-state index in [-0.39, 0.29) is 18.5 Å². The van der Waals surface area contributed by atoms with E-state index in [1.54, 1.807) is 0 Å². The number of hydrogen-bond donors (Lipinski definition) is 0. The van der Waals surface area contributed by atoms with Crippen LogP contribution in [0.1, 0.15) is 74.6 Å². The molecule has 2 aliphatic carbocycles. The summed E-state index contributed by atoms with van der Waals surface area (Å²) in [6, 6.07) is 6.26. The van der Waals surface area contributed by atoms with Crippen molar-refractivity contribution in [3.8, 4) is 22.9 Å². The molecule has 0 spiro atoms. The molecule has 0 N–H and O–H groups in total. The van der Waals surface area contributed by atoms with Crippen molar-refractivity contribution >= 4 is 10.9 Å². The summed E-state index contributed by atoms with van der Waals surface area (Å²) in [6.07, 6.45) is 4.79. The second kappa shape index (κ2) is 6.45. The predicted molar refractivity (Wildman–Crippen MR) is 129 cm³/mol. The van der Waals surface area contributed by atoms with Crippen molar-refractivity contribution in [2.24, 2.45) is 0 Å². The van der Waals surface area contributed by atoms with Gasteiger partial charge in [0.15, 0.2) is 17.3 Å². The average Bonchev–Trinajstić information content (AvgIpc) is 3.51. The number of benzene rings is 1.